The predicted octanol–water partition coefficient (Wildman–Crippen LogP) is 4.14. The molecule has 0 bridgehead atoms. The molecule has 0 atom stereocenters. The van der Waals surface area contributed by atoms with Gasteiger partial charge in [0.15, 0.2) is 17.8 Å². The van der Waals surface area contributed by atoms with E-state index in [0.717, 1.165) is 16.9 Å². The number of fused-ring (bicyclic) bond motifs is 2. The molecule has 5 aromatic rings. The first kappa shape index (κ1) is 29.2. The van der Waals surface area contributed by atoms with E-state index in [0.29, 0.717) is 44.6 Å². The number of carbonyl (C=O) groups excluding carboxylic acids is 1. The number of imidazole rings is 2. The average Bonchev–Trinajstić information content (AvgIpc) is 3.39. The second-order valence-corrected chi connectivity index (χ2v) is 10.7. The zero-order chi connectivity index (χ0) is 29.9. The molecule has 1 aliphatic rings. The first-order valence-corrected chi connectivity index (χ1v) is 14.6. The molecular weight excluding hydrogens is 579 g/mol. The van der Waals surface area contributed by atoms with Gasteiger partial charge in [0.05, 0.1) is 55.2 Å². The highest BCUT2D eigenvalue weighted by atomic mass is 35.5. The van der Waals surface area contributed by atoms with Crippen molar-refractivity contribution in [3.8, 4) is 0 Å². The van der Waals surface area contributed by atoms with Gasteiger partial charge in [0.1, 0.15) is 11.2 Å². The molecular formula is C29H32ClFN8O4. The summed E-state index contributed by atoms with van der Waals surface area (Å²) in [6, 6.07) is 3.61. The molecule has 1 amide bonds. The molecule has 0 aliphatic heterocycles. The third-order valence-corrected chi connectivity index (χ3v) is 7.44. The molecule has 14 heteroatoms. The normalized spacial score (nSPS) is 13.5. The monoisotopic (exact) mass is 610 g/mol. The van der Waals surface area contributed by atoms with Gasteiger partial charge in [0, 0.05) is 37.4 Å². The Balaban J connectivity index is 1.13. The highest BCUT2D eigenvalue weighted by Crippen LogP contribution is 2.40. The SMILES string of the molecule is CCOC(COCc1cc(C2CC2)cn2cc(Cn3cc(C(=O)NCc4ncn5ccc(Cl)c(F)c45)nn3)nc12)OCC. The van der Waals surface area contributed by atoms with Crippen LogP contribution in [0, 0.1) is 5.82 Å². The fourth-order valence-electron chi connectivity index (χ4n) is 4.96. The van der Waals surface area contributed by atoms with Crippen LogP contribution in [0.3, 0.4) is 0 Å². The molecule has 226 valence electrons. The average molecular weight is 611 g/mol. The van der Waals surface area contributed by atoms with Gasteiger partial charge >= 0.3 is 0 Å². The number of halogens is 2. The minimum atomic E-state index is -0.594. The maximum absolute atomic E-state index is 14.5. The van der Waals surface area contributed by atoms with Gasteiger partial charge in [-0.15, -0.1) is 5.10 Å². The highest BCUT2D eigenvalue weighted by Gasteiger charge is 2.25. The maximum atomic E-state index is 14.5. The van der Waals surface area contributed by atoms with Gasteiger partial charge in [-0.05, 0) is 50.3 Å². The van der Waals surface area contributed by atoms with Crippen LogP contribution in [-0.2, 0) is 33.9 Å². The second-order valence-electron chi connectivity index (χ2n) is 10.3. The fourth-order valence-corrected chi connectivity index (χ4v) is 5.11. The molecule has 0 aromatic carbocycles. The topological polar surface area (TPSA) is 122 Å². The summed E-state index contributed by atoms with van der Waals surface area (Å²) in [6.07, 6.45) is 10.6. The van der Waals surface area contributed by atoms with Gasteiger partial charge in [-0.1, -0.05) is 16.8 Å². The van der Waals surface area contributed by atoms with Crippen LogP contribution in [0.25, 0.3) is 11.2 Å². The largest absolute Gasteiger partial charge is 0.371 e. The van der Waals surface area contributed by atoms with Gasteiger partial charge in [-0.3, -0.25) is 4.79 Å². The van der Waals surface area contributed by atoms with Crippen molar-refractivity contribution in [3.63, 3.8) is 0 Å². The van der Waals surface area contributed by atoms with Crippen LogP contribution >= 0.6 is 11.6 Å². The van der Waals surface area contributed by atoms with Gasteiger partial charge in [-0.2, -0.15) is 0 Å². The molecule has 1 fully saturated rings. The zero-order valence-corrected chi connectivity index (χ0v) is 24.6. The van der Waals surface area contributed by atoms with Crippen LogP contribution in [0.1, 0.15) is 65.6 Å². The van der Waals surface area contributed by atoms with Gasteiger partial charge in [-0.25, -0.2) is 19.0 Å². The Labute approximate surface area is 251 Å². The van der Waals surface area contributed by atoms with E-state index in [1.54, 1.807) is 17.1 Å². The van der Waals surface area contributed by atoms with Crippen molar-refractivity contribution < 1.29 is 23.4 Å². The lowest BCUT2D eigenvalue weighted by Crippen LogP contribution is -2.23. The van der Waals surface area contributed by atoms with E-state index in [-0.39, 0.29) is 22.8 Å². The van der Waals surface area contributed by atoms with Crippen LogP contribution < -0.4 is 5.32 Å². The van der Waals surface area contributed by atoms with Crippen molar-refractivity contribution >= 4 is 28.7 Å². The number of hydrogen-bond acceptors (Lipinski definition) is 8. The molecule has 5 aromatic heterocycles. The standard InChI is InChI=1S/C29H32ClFN8O4/c1-3-42-25(43-4-2)16-41-15-20-9-19(18-5-6-18)11-38-12-21(34-28(20)38)13-39-14-24(35-36-39)29(40)32-10-23-27-26(31)22(30)7-8-37(27)17-33-23/h7-9,11-12,14,17-18,25H,3-6,10,13,15-16H2,1-2H3,(H,32,40). The third kappa shape index (κ3) is 6.54. The Bertz CT molecular complexity index is 1740. The van der Waals surface area contributed by atoms with Crippen LogP contribution in [0.15, 0.2) is 43.2 Å². The summed E-state index contributed by atoms with van der Waals surface area (Å²) < 4.78 is 36.8. The summed E-state index contributed by atoms with van der Waals surface area (Å²) in [4.78, 5) is 21.8. The molecule has 0 radical (unpaired) electrons. The third-order valence-electron chi connectivity index (χ3n) is 7.14. The summed E-state index contributed by atoms with van der Waals surface area (Å²) in [5, 5.41) is 10.8. The van der Waals surface area contributed by atoms with E-state index < -0.39 is 18.0 Å². The van der Waals surface area contributed by atoms with E-state index >= 15 is 0 Å². The summed E-state index contributed by atoms with van der Waals surface area (Å²) in [5.74, 6) is -0.502. The summed E-state index contributed by atoms with van der Waals surface area (Å²) in [7, 11) is 0. The molecule has 12 nitrogen and oxygen atoms in total. The fraction of sp³-hybridized carbons (Fsp3) is 0.414. The highest BCUT2D eigenvalue weighted by molar-refractivity contribution is 6.31. The predicted molar refractivity (Wildman–Crippen MR) is 154 cm³/mol. The van der Waals surface area contributed by atoms with Crippen LogP contribution in [-0.4, -0.2) is 65.8 Å². The number of aromatic nitrogens is 7. The lowest BCUT2D eigenvalue weighted by Gasteiger charge is -2.17. The van der Waals surface area contributed by atoms with Crippen LogP contribution in [0.5, 0.6) is 0 Å². The van der Waals surface area contributed by atoms with E-state index in [1.807, 2.05) is 24.4 Å². The lowest BCUT2D eigenvalue weighted by atomic mass is 10.1. The van der Waals surface area contributed by atoms with Crippen molar-refractivity contribution in [1.29, 1.82) is 0 Å². The Morgan fingerprint density at radius 3 is 2.77 bits per heavy atom. The Morgan fingerprint density at radius 1 is 1.19 bits per heavy atom. The Hall–Kier alpha value is -3.91. The van der Waals surface area contributed by atoms with E-state index in [9.17, 15) is 9.18 Å². The number of ether oxygens (including phenoxy) is 3. The maximum Gasteiger partial charge on any atom is 0.273 e. The number of rotatable bonds is 14. The van der Waals surface area contributed by atoms with E-state index in [2.05, 4.69) is 32.9 Å². The summed E-state index contributed by atoms with van der Waals surface area (Å²) in [6.45, 7) is 5.93. The van der Waals surface area contributed by atoms with Gasteiger partial charge in [0.2, 0.25) is 0 Å². The quantitative estimate of drug-likeness (QED) is 0.186. The van der Waals surface area contributed by atoms with Crippen molar-refractivity contribution in [2.45, 2.75) is 58.6 Å². The number of amides is 1. The van der Waals surface area contributed by atoms with Gasteiger partial charge in [0.25, 0.3) is 5.91 Å². The second kappa shape index (κ2) is 12.8. The molecule has 1 aliphatic carbocycles. The zero-order valence-electron chi connectivity index (χ0n) is 23.9. The first-order chi connectivity index (χ1) is 20.9. The number of nitrogens with zero attached hydrogens (tertiary/aromatic N) is 7. The van der Waals surface area contributed by atoms with Gasteiger partial charge < -0.3 is 28.3 Å². The lowest BCUT2D eigenvalue weighted by molar-refractivity contribution is -0.169. The molecule has 0 unspecified atom stereocenters. The van der Waals surface area contributed by atoms with Crippen molar-refractivity contribution in [1.82, 2.24) is 39.1 Å². The molecule has 1 saturated carbocycles. The summed E-state index contributed by atoms with van der Waals surface area (Å²) in [5.41, 5.74) is 4.46. The molecule has 43 heavy (non-hydrogen) atoms. The Kier molecular flexibility index (Phi) is 8.66. The Morgan fingerprint density at radius 2 is 2.00 bits per heavy atom. The number of carbonyl (C=O) groups is 1. The molecule has 5 heterocycles. The smallest absolute Gasteiger partial charge is 0.273 e. The molecule has 0 spiro atoms. The van der Waals surface area contributed by atoms with E-state index in [1.165, 1.54) is 35.2 Å². The van der Waals surface area contributed by atoms with Crippen molar-refractivity contribution in [3.05, 3.63) is 82.3 Å². The molecule has 0 saturated heterocycles. The van der Waals surface area contributed by atoms with Crippen molar-refractivity contribution in [2.24, 2.45) is 0 Å². The molecule has 1 N–H and O–H groups in total. The number of pyridine rings is 2. The van der Waals surface area contributed by atoms with Crippen molar-refractivity contribution in [2.75, 3.05) is 19.8 Å². The minimum absolute atomic E-state index is 0.00402. The van der Waals surface area contributed by atoms with E-state index in [4.69, 9.17) is 30.8 Å². The van der Waals surface area contributed by atoms with Crippen LogP contribution in [0.4, 0.5) is 4.39 Å². The summed E-state index contributed by atoms with van der Waals surface area (Å²) >= 11 is 5.91. The number of nitrogens with one attached hydrogen (secondary N) is 1. The number of hydrogen-bond donors (Lipinski definition) is 1. The minimum Gasteiger partial charge on any atom is -0.371 e. The first-order valence-electron chi connectivity index (χ1n) is 14.2. The van der Waals surface area contributed by atoms with Crippen LogP contribution in [0.2, 0.25) is 5.02 Å². The molecule has 6 rings (SSSR count).